The van der Waals surface area contributed by atoms with E-state index >= 15 is 0 Å². The predicted octanol–water partition coefficient (Wildman–Crippen LogP) is 0.646. The van der Waals surface area contributed by atoms with Gasteiger partial charge in [0.2, 0.25) is 0 Å². The highest BCUT2D eigenvalue weighted by Gasteiger charge is 2.58. The number of aryl methyl sites for hydroxylation is 1. The molecule has 3 heteroatoms. The fourth-order valence-electron chi connectivity index (χ4n) is 2.44. The Labute approximate surface area is 77.6 Å². The van der Waals surface area contributed by atoms with Gasteiger partial charge in [0, 0.05) is 24.4 Å². The SMILES string of the molecule is Cc1ncc([C@@]23CNC[C@@H]2C3)cn1. The number of piperidine rings is 1. The molecule has 2 heterocycles. The lowest BCUT2D eigenvalue weighted by Gasteiger charge is -2.10. The van der Waals surface area contributed by atoms with E-state index in [1.807, 2.05) is 19.3 Å². The maximum Gasteiger partial charge on any atom is 0.125 e. The van der Waals surface area contributed by atoms with Crippen molar-refractivity contribution >= 4 is 0 Å². The van der Waals surface area contributed by atoms with Crippen molar-refractivity contribution < 1.29 is 0 Å². The van der Waals surface area contributed by atoms with Crippen molar-refractivity contribution in [2.24, 2.45) is 5.92 Å². The third-order valence-electron chi connectivity index (χ3n) is 3.42. The van der Waals surface area contributed by atoms with Crippen molar-refractivity contribution in [2.75, 3.05) is 13.1 Å². The van der Waals surface area contributed by atoms with E-state index in [2.05, 4.69) is 15.3 Å². The molecule has 0 amide bonds. The normalized spacial score (nSPS) is 35.9. The van der Waals surface area contributed by atoms with Crippen LogP contribution in [0.4, 0.5) is 0 Å². The summed E-state index contributed by atoms with van der Waals surface area (Å²) in [6.45, 7) is 4.22. The molecule has 1 aliphatic carbocycles. The molecule has 1 N–H and O–H groups in total. The average molecular weight is 175 g/mol. The Morgan fingerprint density at radius 2 is 2.23 bits per heavy atom. The summed E-state index contributed by atoms with van der Waals surface area (Å²) in [4.78, 5) is 8.51. The molecule has 3 nitrogen and oxygen atoms in total. The zero-order valence-electron chi connectivity index (χ0n) is 7.75. The highest BCUT2D eigenvalue weighted by molar-refractivity contribution is 5.33. The van der Waals surface area contributed by atoms with Gasteiger partial charge in [-0.15, -0.1) is 0 Å². The zero-order valence-corrected chi connectivity index (χ0v) is 7.75. The molecular weight excluding hydrogens is 162 g/mol. The Morgan fingerprint density at radius 3 is 2.77 bits per heavy atom. The van der Waals surface area contributed by atoms with Crippen LogP contribution in [-0.4, -0.2) is 23.1 Å². The lowest BCUT2D eigenvalue weighted by molar-refractivity contribution is 0.668. The molecule has 1 aliphatic heterocycles. The first-order valence-electron chi connectivity index (χ1n) is 4.81. The topological polar surface area (TPSA) is 37.8 Å². The van der Waals surface area contributed by atoms with E-state index in [1.54, 1.807) is 0 Å². The summed E-state index contributed by atoms with van der Waals surface area (Å²) in [7, 11) is 0. The summed E-state index contributed by atoms with van der Waals surface area (Å²) in [5.74, 6) is 1.71. The number of rotatable bonds is 1. The predicted molar refractivity (Wildman–Crippen MR) is 49.4 cm³/mol. The molecule has 0 aromatic carbocycles. The van der Waals surface area contributed by atoms with Crippen molar-refractivity contribution in [3.63, 3.8) is 0 Å². The van der Waals surface area contributed by atoms with Crippen LogP contribution in [0.15, 0.2) is 12.4 Å². The molecule has 0 bridgehead atoms. The minimum absolute atomic E-state index is 0.410. The first-order valence-corrected chi connectivity index (χ1v) is 4.81. The van der Waals surface area contributed by atoms with Crippen LogP contribution in [0.2, 0.25) is 0 Å². The van der Waals surface area contributed by atoms with Gasteiger partial charge in [-0.05, 0) is 31.4 Å². The Hall–Kier alpha value is -0.960. The van der Waals surface area contributed by atoms with Gasteiger partial charge in [0.1, 0.15) is 5.82 Å². The van der Waals surface area contributed by atoms with Crippen LogP contribution >= 0.6 is 0 Å². The van der Waals surface area contributed by atoms with E-state index in [1.165, 1.54) is 18.5 Å². The molecule has 68 valence electrons. The van der Waals surface area contributed by atoms with E-state index in [9.17, 15) is 0 Å². The molecule has 1 saturated heterocycles. The molecule has 1 aromatic heterocycles. The Balaban J connectivity index is 1.97. The van der Waals surface area contributed by atoms with Crippen molar-refractivity contribution in [1.29, 1.82) is 0 Å². The molecule has 2 aliphatic rings. The summed E-state index contributed by atoms with van der Waals surface area (Å²) in [6, 6.07) is 0. The van der Waals surface area contributed by atoms with Crippen LogP contribution in [0.1, 0.15) is 17.8 Å². The quantitative estimate of drug-likeness (QED) is 0.681. The lowest BCUT2D eigenvalue weighted by Crippen LogP contribution is -2.19. The van der Waals surface area contributed by atoms with Crippen LogP contribution < -0.4 is 5.32 Å². The van der Waals surface area contributed by atoms with E-state index in [4.69, 9.17) is 0 Å². The van der Waals surface area contributed by atoms with E-state index in [0.717, 1.165) is 18.3 Å². The van der Waals surface area contributed by atoms with Gasteiger partial charge in [0.05, 0.1) is 0 Å². The van der Waals surface area contributed by atoms with Gasteiger partial charge in [-0.1, -0.05) is 0 Å². The third kappa shape index (κ3) is 0.936. The van der Waals surface area contributed by atoms with Gasteiger partial charge in [-0.3, -0.25) is 0 Å². The highest BCUT2D eigenvalue weighted by atomic mass is 15.0. The second-order valence-electron chi connectivity index (χ2n) is 4.21. The van der Waals surface area contributed by atoms with Gasteiger partial charge in [-0.25, -0.2) is 9.97 Å². The van der Waals surface area contributed by atoms with Crippen LogP contribution in [0, 0.1) is 12.8 Å². The van der Waals surface area contributed by atoms with Gasteiger partial charge in [0.15, 0.2) is 0 Å². The monoisotopic (exact) mass is 175 g/mol. The average Bonchev–Trinajstić information content (AvgIpc) is 2.71. The first kappa shape index (κ1) is 7.44. The van der Waals surface area contributed by atoms with E-state index in [0.29, 0.717) is 5.41 Å². The van der Waals surface area contributed by atoms with E-state index < -0.39 is 0 Å². The summed E-state index contributed by atoms with van der Waals surface area (Å²) in [6.07, 6.45) is 5.32. The molecule has 2 atom stereocenters. The number of hydrogen-bond acceptors (Lipinski definition) is 3. The van der Waals surface area contributed by atoms with Crippen LogP contribution in [-0.2, 0) is 5.41 Å². The van der Waals surface area contributed by atoms with Gasteiger partial charge in [0.25, 0.3) is 0 Å². The van der Waals surface area contributed by atoms with Gasteiger partial charge >= 0.3 is 0 Å². The van der Waals surface area contributed by atoms with Crippen LogP contribution in [0.25, 0.3) is 0 Å². The van der Waals surface area contributed by atoms with E-state index in [-0.39, 0.29) is 0 Å². The number of aromatic nitrogens is 2. The van der Waals surface area contributed by atoms with Gasteiger partial charge < -0.3 is 5.32 Å². The van der Waals surface area contributed by atoms with Crippen molar-refractivity contribution in [3.05, 3.63) is 23.8 Å². The molecule has 1 aromatic rings. The zero-order chi connectivity index (χ0) is 8.89. The largest absolute Gasteiger partial charge is 0.316 e. The van der Waals surface area contributed by atoms with Crippen molar-refractivity contribution in [3.8, 4) is 0 Å². The lowest BCUT2D eigenvalue weighted by atomic mass is 9.98. The summed E-state index contributed by atoms with van der Waals surface area (Å²) in [5.41, 5.74) is 1.74. The maximum absolute atomic E-state index is 4.26. The first-order chi connectivity index (χ1) is 6.31. The molecule has 3 rings (SSSR count). The number of hydrogen-bond donors (Lipinski definition) is 1. The molecule has 0 radical (unpaired) electrons. The number of fused-ring (bicyclic) bond motifs is 1. The third-order valence-corrected chi connectivity index (χ3v) is 3.42. The Bertz CT molecular complexity index is 333. The summed E-state index contributed by atoms with van der Waals surface area (Å²) in [5, 5.41) is 3.42. The van der Waals surface area contributed by atoms with Gasteiger partial charge in [-0.2, -0.15) is 0 Å². The molecular formula is C10H13N3. The minimum Gasteiger partial charge on any atom is -0.316 e. The number of nitrogens with one attached hydrogen (secondary N) is 1. The molecule has 0 spiro atoms. The standard InChI is InChI=1S/C10H13N3/c1-7-12-4-9(5-13-7)10-2-8(10)3-11-6-10/h4-5,8,11H,2-3,6H2,1H3/t8-,10-/m0/s1. The summed E-state index contributed by atoms with van der Waals surface area (Å²) < 4.78 is 0. The molecule has 13 heavy (non-hydrogen) atoms. The smallest absolute Gasteiger partial charge is 0.125 e. The Morgan fingerprint density at radius 1 is 1.46 bits per heavy atom. The highest BCUT2D eigenvalue weighted by Crippen LogP contribution is 2.55. The fourth-order valence-corrected chi connectivity index (χ4v) is 2.44. The number of nitrogens with zero attached hydrogens (tertiary/aromatic N) is 2. The van der Waals surface area contributed by atoms with Crippen molar-refractivity contribution in [2.45, 2.75) is 18.8 Å². The maximum atomic E-state index is 4.26. The molecule has 0 unspecified atom stereocenters. The molecule has 2 fully saturated rings. The second kappa shape index (κ2) is 2.29. The minimum atomic E-state index is 0.410. The van der Waals surface area contributed by atoms with Crippen molar-refractivity contribution in [1.82, 2.24) is 15.3 Å². The molecule has 1 saturated carbocycles. The Kier molecular flexibility index (Phi) is 1.31. The van der Waals surface area contributed by atoms with Crippen LogP contribution in [0.5, 0.6) is 0 Å². The fraction of sp³-hybridized carbons (Fsp3) is 0.600. The summed E-state index contributed by atoms with van der Waals surface area (Å²) >= 11 is 0. The second-order valence-corrected chi connectivity index (χ2v) is 4.21. The van der Waals surface area contributed by atoms with Crippen LogP contribution in [0.3, 0.4) is 0 Å².